The first kappa shape index (κ1) is 17.7. The van der Waals surface area contributed by atoms with Gasteiger partial charge in [-0.05, 0) is 26.0 Å². The standard InChI is InChI=1S/C21H19N5O2/c1-13(2)26-18-11-7-6-10-15(18)19(21(26)28)24-25-20(27)17-12-16(22-23-17)14-8-4-3-5-9-14/h3-13,28H,1-2H3,(H,22,23). The number of hydrogen-bond acceptors (Lipinski definition) is 4. The van der Waals surface area contributed by atoms with Crippen molar-refractivity contribution in [2.24, 2.45) is 10.2 Å². The van der Waals surface area contributed by atoms with E-state index in [2.05, 4.69) is 20.4 Å². The van der Waals surface area contributed by atoms with Gasteiger partial charge in [-0.25, -0.2) is 0 Å². The van der Waals surface area contributed by atoms with Gasteiger partial charge in [0.1, 0.15) is 5.69 Å². The molecule has 4 rings (SSSR count). The van der Waals surface area contributed by atoms with Gasteiger partial charge in [0.05, 0.1) is 11.2 Å². The summed E-state index contributed by atoms with van der Waals surface area (Å²) >= 11 is 0. The van der Waals surface area contributed by atoms with E-state index in [1.165, 1.54) is 0 Å². The Morgan fingerprint density at radius 2 is 1.82 bits per heavy atom. The number of aromatic amines is 1. The number of azo groups is 1. The highest BCUT2D eigenvalue weighted by atomic mass is 16.3. The summed E-state index contributed by atoms with van der Waals surface area (Å²) in [6.07, 6.45) is 0. The summed E-state index contributed by atoms with van der Waals surface area (Å²) in [7, 11) is 0. The molecule has 2 aromatic carbocycles. The summed E-state index contributed by atoms with van der Waals surface area (Å²) in [6, 6.07) is 18.7. The van der Waals surface area contributed by atoms with Crippen molar-refractivity contribution in [1.29, 1.82) is 0 Å². The molecule has 7 heteroatoms. The van der Waals surface area contributed by atoms with Crippen LogP contribution >= 0.6 is 0 Å². The Morgan fingerprint density at radius 3 is 2.57 bits per heavy atom. The number of aromatic hydroxyl groups is 1. The topological polar surface area (TPSA) is 95.6 Å². The van der Waals surface area contributed by atoms with Gasteiger partial charge in [0.25, 0.3) is 0 Å². The number of carbonyl (C=O) groups excluding carboxylic acids is 1. The highest BCUT2D eigenvalue weighted by Gasteiger charge is 2.19. The van der Waals surface area contributed by atoms with Crippen molar-refractivity contribution < 1.29 is 9.90 Å². The molecule has 0 saturated carbocycles. The molecule has 2 heterocycles. The minimum Gasteiger partial charge on any atom is -0.493 e. The minimum atomic E-state index is -0.560. The SMILES string of the molecule is CC(C)n1c(O)c(N=NC(=O)c2cc(-c3ccccc3)n[nH]2)c2ccccc21. The van der Waals surface area contributed by atoms with Crippen LogP contribution in [0, 0.1) is 0 Å². The number of nitrogens with zero attached hydrogens (tertiary/aromatic N) is 4. The lowest BCUT2D eigenvalue weighted by Crippen LogP contribution is -1.98. The number of H-pyrrole nitrogens is 1. The molecular weight excluding hydrogens is 354 g/mol. The third kappa shape index (κ3) is 3.07. The lowest BCUT2D eigenvalue weighted by Gasteiger charge is -2.10. The van der Waals surface area contributed by atoms with Crippen molar-refractivity contribution in [2.45, 2.75) is 19.9 Å². The molecule has 1 amide bonds. The van der Waals surface area contributed by atoms with Crippen LogP contribution in [0.1, 0.15) is 30.4 Å². The Morgan fingerprint density at radius 1 is 1.11 bits per heavy atom. The first-order valence-corrected chi connectivity index (χ1v) is 8.95. The van der Waals surface area contributed by atoms with Crippen molar-refractivity contribution in [3.8, 4) is 17.1 Å². The van der Waals surface area contributed by atoms with E-state index in [0.717, 1.165) is 16.5 Å². The Hall–Kier alpha value is -3.74. The summed E-state index contributed by atoms with van der Waals surface area (Å²) in [5.74, 6) is -0.571. The molecule has 4 aromatic rings. The average Bonchev–Trinajstić information content (AvgIpc) is 3.30. The van der Waals surface area contributed by atoms with Crippen LogP contribution in [0.4, 0.5) is 5.69 Å². The predicted octanol–water partition coefficient (Wildman–Crippen LogP) is 5.24. The fourth-order valence-electron chi connectivity index (χ4n) is 3.19. The zero-order valence-corrected chi connectivity index (χ0v) is 15.5. The van der Waals surface area contributed by atoms with Gasteiger partial charge in [0, 0.05) is 17.0 Å². The zero-order valence-electron chi connectivity index (χ0n) is 15.5. The van der Waals surface area contributed by atoms with Crippen molar-refractivity contribution in [2.75, 3.05) is 0 Å². The number of para-hydroxylation sites is 1. The molecule has 0 bridgehead atoms. The normalized spacial score (nSPS) is 11.7. The molecule has 7 nitrogen and oxygen atoms in total. The van der Waals surface area contributed by atoms with E-state index in [-0.39, 0.29) is 23.3 Å². The summed E-state index contributed by atoms with van der Waals surface area (Å²) in [6.45, 7) is 3.93. The molecule has 140 valence electrons. The first-order chi connectivity index (χ1) is 13.6. The number of fused-ring (bicyclic) bond motifs is 1. The lowest BCUT2D eigenvalue weighted by atomic mass is 10.1. The molecule has 28 heavy (non-hydrogen) atoms. The van der Waals surface area contributed by atoms with Crippen molar-refractivity contribution >= 4 is 22.5 Å². The second-order valence-corrected chi connectivity index (χ2v) is 6.69. The number of benzene rings is 2. The molecule has 0 aliphatic heterocycles. The molecule has 0 fully saturated rings. The van der Waals surface area contributed by atoms with E-state index in [1.807, 2.05) is 68.4 Å². The smallest absolute Gasteiger partial charge is 0.313 e. The number of rotatable bonds is 4. The summed E-state index contributed by atoms with van der Waals surface area (Å²) in [4.78, 5) is 12.4. The van der Waals surface area contributed by atoms with E-state index >= 15 is 0 Å². The maximum absolute atomic E-state index is 12.4. The number of hydrogen-bond donors (Lipinski definition) is 2. The summed E-state index contributed by atoms with van der Waals surface area (Å²) < 4.78 is 1.76. The number of nitrogens with one attached hydrogen (secondary N) is 1. The molecule has 0 aliphatic carbocycles. The van der Waals surface area contributed by atoms with E-state index in [0.29, 0.717) is 5.69 Å². The van der Waals surface area contributed by atoms with Crippen LogP contribution in [0.2, 0.25) is 0 Å². The average molecular weight is 373 g/mol. The maximum atomic E-state index is 12.4. The van der Waals surface area contributed by atoms with Gasteiger partial charge in [0.15, 0.2) is 5.69 Å². The highest BCUT2D eigenvalue weighted by Crippen LogP contribution is 2.40. The lowest BCUT2D eigenvalue weighted by molar-refractivity contribution is 0.0990. The van der Waals surface area contributed by atoms with Crippen LogP contribution in [0.3, 0.4) is 0 Å². The van der Waals surface area contributed by atoms with Crippen LogP contribution in [0.25, 0.3) is 22.2 Å². The van der Waals surface area contributed by atoms with Crippen molar-refractivity contribution in [1.82, 2.24) is 14.8 Å². The Kier molecular flexibility index (Phi) is 4.49. The quantitative estimate of drug-likeness (QED) is 0.479. The molecule has 0 unspecified atom stereocenters. The van der Waals surface area contributed by atoms with Crippen LogP contribution < -0.4 is 0 Å². The Labute approximate surface area is 161 Å². The van der Waals surface area contributed by atoms with E-state index in [9.17, 15) is 9.90 Å². The maximum Gasteiger partial charge on any atom is 0.313 e. The van der Waals surface area contributed by atoms with Gasteiger partial charge in [0.2, 0.25) is 5.88 Å². The van der Waals surface area contributed by atoms with Gasteiger partial charge < -0.3 is 9.67 Å². The van der Waals surface area contributed by atoms with E-state index < -0.39 is 5.91 Å². The van der Waals surface area contributed by atoms with Gasteiger partial charge in [-0.2, -0.15) is 5.10 Å². The number of carbonyl (C=O) groups is 1. The monoisotopic (exact) mass is 373 g/mol. The Bertz CT molecular complexity index is 1170. The third-order valence-electron chi connectivity index (χ3n) is 4.49. The van der Waals surface area contributed by atoms with Gasteiger partial charge in [-0.3, -0.25) is 9.89 Å². The van der Waals surface area contributed by atoms with Gasteiger partial charge in [-0.1, -0.05) is 48.5 Å². The van der Waals surface area contributed by atoms with Gasteiger partial charge in [-0.15, -0.1) is 10.2 Å². The molecule has 0 atom stereocenters. The van der Waals surface area contributed by atoms with Gasteiger partial charge >= 0.3 is 5.91 Å². The molecule has 2 N–H and O–H groups in total. The number of amides is 1. The summed E-state index contributed by atoms with van der Waals surface area (Å²) in [5, 5.41) is 26.0. The molecule has 0 spiro atoms. The Balaban J connectivity index is 1.66. The third-order valence-corrected chi connectivity index (χ3v) is 4.49. The van der Waals surface area contributed by atoms with Crippen LogP contribution in [0.5, 0.6) is 5.88 Å². The fourth-order valence-corrected chi connectivity index (χ4v) is 3.19. The van der Waals surface area contributed by atoms with E-state index in [4.69, 9.17) is 0 Å². The van der Waals surface area contributed by atoms with Crippen LogP contribution in [0.15, 0.2) is 70.9 Å². The molecule has 0 radical (unpaired) electrons. The van der Waals surface area contributed by atoms with Crippen molar-refractivity contribution in [3.05, 3.63) is 66.4 Å². The molecule has 0 saturated heterocycles. The second kappa shape index (κ2) is 7.11. The van der Waals surface area contributed by atoms with Crippen molar-refractivity contribution in [3.63, 3.8) is 0 Å². The van der Waals surface area contributed by atoms with Crippen LogP contribution in [-0.4, -0.2) is 25.8 Å². The van der Waals surface area contributed by atoms with E-state index in [1.54, 1.807) is 10.6 Å². The molecule has 2 aromatic heterocycles. The summed E-state index contributed by atoms with van der Waals surface area (Å²) in [5.41, 5.74) is 2.89. The largest absolute Gasteiger partial charge is 0.493 e. The van der Waals surface area contributed by atoms with Crippen LogP contribution in [-0.2, 0) is 0 Å². The number of aromatic nitrogens is 3. The molecule has 0 aliphatic rings. The zero-order chi connectivity index (χ0) is 19.7. The first-order valence-electron chi connectivity index (χ1n) is 8.95. The molecular formula is C21H19N5O2. The predicted molar refractivity (Wildman–Crippen MR) is 107 cm³/mol. The highest BCUT2D eigenvalue weighted by molar-refractivity contribution is 5.97. The fraction of sp³-hybridized carbons (Fsp3) is 0.143. The second-order valence-electron chi connectivity index (χ2n) is 6.69. The minimum absolute atomic E-state index is 0.0117.